The lowest BCUT2D eigenvalue weighted by Crippen LogP contribution is -2.69. The molecule has 12 atom stereocenters. The second kappa shape index (κ2) is 45.1. The highest BCUT2D eigenvalue weighted by atomic mass is 31.3. The largest absolute Gasteiger partial charge is 0.483 e. The Balaban J connectivity index is 1.72. The second-order valence-corrected chi connectivity index (χ2v) is 28.6. The summed E-state index contributed by atoms with van der Waals surface area (Å²) in [5, 5.41) is 56.6. The molecular formula is C71H116N2O18P2. The normalized spacial score (nSPS) is 24.9. The maximum absolute atomic E-state index is 13.1. The summed E-state index contributed by atoms with van der Waals surface area (Å²) in [6.07, 6.45) is 29.9. The van der Waals surface area contributed by atoms with Gasteiger partial charge in [-0.25, -0.2) is 13.9 Å². The zero-order valence-corrected chi connectivity index (χ0v) is 60.0. The number of carbonyl (C=O) groups excluding carboxylic acids is 2. The van der Waals surface area contributed by atoms with E-state index >= 15 is 0 Å². The Kier molecular flexibility index (Phi) is 41.0. The molecule has 0 aliphatic carbocycles. The van der Waals surface area contributed by atoms with Crippen LogP contribution in [0, 0.1) is 0 Å². The molecule has 20 nitrogen and oxygen atoms in total. The Morgan fingerprint density at radius 3 is 1.04 bits per heavy atom. The van der Waals surface area contributed by atoms with E-state index in [-0.39, 0.29) is 0 Å². The molecular weight excluding hydrogens is 1230 g/mol. The monoisotopic (exact) mass is 1350 g/mol. The van der Waals surface area contributed by atoms with Gasteiger partial charge in [0.25, 0.3) is 0 Å². The number of allylic oxidation sites excluding steroid dienone is 21. The van der Waals surface area contributed by atoms with Crippen molar-refractivity contribution >= 4 is 33.4 Å². The fourth-order valence-corrected chi connectivity index (χ4v) is 12.6. The average molecular weight is 1350 g/mol. The van der Waals surface area contributed by atoms with Gasteiger partial charge in [0.15, 0.2) is 18.7 Å². The predicted molar refractivity (Wildman–Crippen MR) is 367 cm³/mol. The van der Waals surface area contributed by atoms with Crippen LogP contribution >= 0.6 is 15.6 Å². The Bertz CT molecular complexity index is 2800. The van der Waals surface area contributed by atoms with Crippen molar-refractivity contribution in [3.63, 3.8) is 0 Å². The van der Waals surface area contributed by atoms with E-state index < -0.39 is 108 Å². The number of carbonyl (C=O) groups is 3. The third kappa shape index (κ3) is 37.0. The molecule has 0 aromatic heterocycles. The smallest absolute Gasteiger partial charge is 0.479 e. The molecule has 2 fully saturated rings. The molecule has 2 aliphatic rings. The molecule has 0 radical (unpaired) electrons. The number of amides is 2. The molecule has 0 aromatic carbocycles. The molecule has 528 valence electrons. The van der Waals surface area contributed by atoms with Crippen molar-refractivity contribution in [1.29, 1.82) is 0 Å². The molecule has 22 heteroatoms. The molecule has 2 rings (SSSR count). The highest BCUT2D eigenvalue weighted by Crippen LogP contribution is 2.61. The van der Waals surface area contributed by atoms with Gasteiger partial charge in [0.05, 0.1) is 13.2 Å². The number of ether oxygens (including phenoxy) is 3. The number of phosphoric acid groups is 2. The molecule has 0 aromatic rings. The van der Waals surface area contributed by atoms with Crippen LogP contribution in [0.3, 0.4) is 0 Å². The van der Waals surface area contributed by atoms with Gasteiger partial charge in [-0.1, -0.05) is 128 Å². The van der Waals surface area contributed by atoms with Crippen molar-refractivity contribution < 1.29 is 86.4 Å². The zero-order chi connectivity index (χ0) is 69.8. The van der Waals surface area contributed by atoms with Crippen LogP contribution in [-0.4, -0.2) is 128 Å². The number of carboxylic acid groups (broad SMARTS) is 1. The van der Waals surface area contributed by atoms with Gasteiger partial charge in [-0.15, -0.1) is 0 Å². The molecule has 2 amide bonds. The van der Waals surface area contributed by atoms with Gasteiger partial charge in [-0.3, -0.25) is 18.6 Å². The molecule has 2 aliphatic heterocycles. The fraction of sp³-hybridized carbons (Fsp3) is 0.648. The lowest BCUT2D eigenvalue weighted by atomic mass is 9.94. The summed E-state index contributed by atoms with van der Waals surface area (Å²) in [5.74, 6) is -3.36. The van der Waals surface area contributed by atoms with Crippen LogP contribution in [0.2, 0.25) is 0 Å². The maximum Gasteiger partial charge on any atom is 0.483 e. The molecule has 2 saturated heterocycles. The van der Waals surface area contributed by atoms with Crippen molar-refractivity contribution in [2.24, 2.45) is 0 Å². The van der Waals surface area contributed by atoms with E-state index in [1.807, 2.05) is 0 Å². The molecule has 0 bridgehead atoms. The summed E-state index contributed by atoms with van der Waals surface area (Å²) in [7, 11) is -11.0. The van der Waals surface area contributed by atoms with Crippen LogP contribution in [-0.2, 0) is 51.1 Å². The summed E-state index contributed by atoms with van der Waals surface area (Å²) in [4.78, 5) is 56.9. The molecule has 0 spiro atoms. The minimum absolute atomic E-state index is 0.500. The van der Waals surface area contributed by atoms with Crippen LogP contribution in [0.25, 0.3) is 0 Å². The van der Waals surface area contributed by atoms with Crippen LogP contribution in [0.4, 0.5) is 0 Å². The van der Waals surface area contributed by atoms with Gasteiger partial charge in [0.1, 0.15) is 42.6 Å². The molecule has 93 heavy (non-hydrogen) atoms. The number of phosphoric ester groups is 2. The van der Waals surface area contributed by atoms with Crippen LogP contribution in [0.1, 0.15) is 225 Å². The van der Waals surface area contributed by atoms with E-state index in [2.05, 4.69) is 152 Å². The van der Waals surface area contributed by atoms with E-state index in [1.165, 1.54) is 61.8 Å². The Morgan fingerprint density at radius 1 is 0.430 bits per heavy atom. The number of carboxylic acids is 1. The first-order chi connectivity index (χ1) is 43.7. The third-order valence-corrected chi connectivity index (χ3v) is 18.8. The number of hydrogen-bond donors (Lipinski definition) is 9. The van der Waals surface area contributed by atoms with Gasteiger partial charge in [0.2, 0.25) is 11.8 Å². The highest BCUT2D eigenvalue weighted by Gasteiger charge is 2.54. The number of aliphatic carboxylic acids is 1. The number of hydrogen-bond acceptors (Lipinski definition) is 15. The molecule has 0 saturated carbocycles. The quantitative estimate of drug-likeness (QED) is 0.0202. The van der Waals surface area contributed by atoms with Gasteiger partial charge < -0.3 is 60.2 Å². The van der Waals surface area contributed by atoms with Gasteiger partial charge in [0, 0.05) is 13.8 Å². The highest BCUT2D eigenvalue weighted by molar-refractivity contribution is 7.61. The topological polar surface area (TPSA) is 306 Å². The summed E-state index contributed by atoms with van der Waals surface area (Å²) >= 11 is 0. The predicted octanol–water partition coefficient (Wildman–Crippen LogP) is 14.5. The van der Waals surface area contributed by atoms with E-state index in [0.717, 1.165) is 135 Å². The number of rotatable bonds is 43. The van der Waals surface area contributed by atoms with E-state index in [1.54, 1.807) is 6.92 Å². The van der Waals surface area contributed by atoms with Crippen molar-refractivity contribution in [1.82, 2.24) is 10.6 Å². The number of aliphatic hydroxyl groups is 4. The summed E-state index contributed by atoms with van der Waals surface area (Å²) < 4.78 is 57.0. The minimum Gasteiger partial charge on any atom is -0.479 e. The van der Waals surface area contributed by atoms with Gasteiger partial charge >= 0.3 is 21.6 Å². The summed E-state index contributed by atoms with van der Waals surface area (Å²) in [5.41, 5.74) is 15.1. The first-order valence-electron chi connectivity index (χ1n) is 33.0. The van der Waals surface area contributed by atoms with Crippen molar-refractivity contribution in [2.75, 3.05) is 13.2 Å². The van der Waals surface area contributed by atoms with Crippen molar-refractivity contribution in [3.8, 4) is 0 Å². The van der Waals surface area contributed by atoms with E-state index in [9.17, 15) is 58.8 Å². The Morgan fingerprint density at radius 2 is 0.742 bits per heavy atom. The SMILES string of the molecule is CC(=O)NC1C(OC2C(CO)OC(OP(=O)(O)OP(=O)(O)OCC=C(C)CCC=C(C)CCC=C(C)CCC=C(C)CCC=C(C)CCC=C(C)CCC=C(C)CCC=C(C)CCC=C(C)CCC=C(C)CCC=C(C)C)C(NC(C)=O)C2O)OC(C(=O)O)C(O)C1O. The van der Waals surface area contributed by atoms with Gasteiger partial charge in [-0.05, 0) is 212 Å². The third-order valence-electron chi connectivity index (χ3n) is 16.2. The minimum atomic E-state index is -5.67. The maximum atomic E-state index is 13.1. The fourth-order valence-electron chi connectivity index (χ4n) is 10.5. The lowest BCUT2D eigenvalue weighted by Gasteiger charge is -2.47. The first kappa shape index (κ1) is 84.6. The van der Waals surface area contributed by atoms with Crippen LogP contribution in [0.15, 0.2) is 128 Å². The number of aliphatic hydroxyl groups excluding tert-OH is 4. The van der Waals surface area contributed by atoms with Crippen LogP contribution in [0.5, 0.6) is 0 Å². The first-order valence-corrected chi connectivity index (χ1v) is 36.0. The lowest BCUT2D eigenvalue weighted by molar-refractivity contribution is -0.321. The number of nitrogens with one attached hydrogen (secondary N) is 2. The van der Waals surface area contributed by atoms with E-state index in [4.69, 9.17) is 23.3 Å². The Labute approximate surface area is 556 Å². The Hall–Kier alpha value is -4.47. The van der Waals surface area contributed by atoms with E-state index in [0.29, 0.717) is 12.8 Å². The van der Waals surface area contributed by atoms with Crippen molar-refractivity contribution in [2.45, 2.75) is 287 Å². The molecule has 2 heterocycles. The zero-order valence-electron chi connectivity index (χ0n) is 58.2. The van der Waals surface area contributed by atoms with Gasteiger partial charge in [-0.2, -0.15) is 4.31 Å². The average Bonchev–Trinajstić information content (AvgIpc) is 0.780. The van der Waals surface area contributed by atoms with Crippen LogP contribution < -0.4 is 10.6 Å². The molecule has 12 unspecified atom stereocenters. The molecule has 9 N–H and O–H groups in total. The second-order valence-electron chi connectivity index (χ2n) is 25.6. The summed E-state index contributed by atoms with van der Waals surface area (Å²) in [6.45, 7) is 26.7. The standard InChI is InChI=1S/C71H116N2O18P2/c1-48(2)25-15-26-49(3)27-16-28-50(4)29-17-30-51(5)31-18-32-52(6)33-19-34-53(7)35-20-36-54(8)37-21-38-55(9)39-22-40-56(10)41-23-42-57(11)43-24-44-58(12)45-46-86-92(82,83)91-93(84,85)90-71-63(73-60(14)76)65(78)67(61(47-74)87-71)88-70-62(72-59(13)75)64(77)66(79)68(89-70)69(80)81/h25,27,29,31,33,35,37,39,41,43,45,61-68,70-71,74,77-79H,15-24,26,28,30,32,34,36,38,40,42,44,46-47H2,1-14H3,(H,72,75)(H,73,76)(H,80,81)(H,82,83)(H,84,85). The summed E-state index contributed by atoms with van der Waals surface area (Å²) in [6, 6.07) is -3.50. The van der Waals surface area contributed by atoms with Crippen molar-refractivity contribution in [3.05, 3.63) is 128 Å².